The fourth-order valence-corrected chi connectivity index (χ4v) is 5.58. The molecular weight excluding hydrogens is 594 g/mol. The molecule has 3 unspecified atom stereocenters. The van der Waals surface area contributed by atoms with Gasteiger partial charge in [0.15, 0.2) is 6.10 Å². The van der Waals surface area contributed by atoms with Crippen LogP contribution in [0, 0.1) is 5.82 Å². The fraction of sp³-hybridized carbons (Fsp3) is 0.367. The first-order valence-corrected chi connectivity index (χ1v) is 14.0. The van der Waals surface area contributed by atoms with E-state index < -0.39 is 54.5 Å². The van der Waals surface area contributed by atoms with Gasteiger partial charge in [0.1, 0.15) is 11.9 Å². The molecule has 1 saturated heterocycles. The minimum atomic E-state index is -4.75. The van der Waals surface area contributed by atoms with Crippen molar-refractivity contribution >= 4 is 29.1 Å². The van der Waals surface area contributed by atoms with Gasteiger partial charge in [0.2, 0.25) is 11.8 Å². The maximum absolute atomic E-state index is 15.4. The highest BCUT2D eigenvalue weighted by Gasteiger charge is 2.42. The number of ether oxygens (including phenoxy) is 2. The molecule has 43 heavy (non-hydrogen) atoms. The molecule has 1 fully saturated rings. The molecule has 13 heteroatoms. The molecule has 2 aromatic carbocycles. The number of benzene rings is 2. The summed E-state index contributed by atoms with van der Waals surface area (Å²) in [6, 6.07) is 8.20. The van der Waals surface area contributed by atoms with Crippen LogP contribution in [0.5, 0.6) is 0 Å². The second-order valence-electron chi connectivity index (χ2n) is 10.6. The Bertz CT molecular complexity index is 1590. The van der Waals surface area contributed by atoms with Gasteiger partial charge in [-0.3, -0.25) is 14.4 Å². The first-order valence-electron chi connectivity index (χ1n) is 13.7. The van der Waals surface area contributed by atoms with Gasteiger partial charge in [0.25, 0.3) is 5.56 Å². The number of nitrogens with one attached hydrogen (secondary N) is 1. The highest BCUT2D eigenvalue weighted by molar-refractivity contribution is 6.31. The maximum Gasteiger partial charge on any atom is 0.414 e. The molecule has 0 bridgehead atoms. The Morgan fingerprint density at radius 1 is 1.09 bits per heavy atom. The SMILES string of the molecule is NC(=O)c1ccc(NC(=O)C(CC2CCCCO2)n2cc3c(cc2=O)-c2c(ccc(Cl)c2F)CC(C(F)(F)F)OC3)cc1. The molecule has 2 aliphatic heterocycles. The number of nitrogens with zero attached hydrogens (tertiary/aromatic N) is 1. The van der Waals surface area contributed by atoms with Gasteiger partial charge in [0.05, 0.1) is 17.7 Å². The highest BCUT2D eigenvalue weighted by atomic mass is 35.5. The van der Waals surface area contributed by atoms with Crippen LogP contribution in [0.25, 0.3) is 11.1 Å². The lowest BCUT2D eigenvalue weighted by molar-refractivity contribution is -0.223. The molecule has 8 nitrogen and oxygen atoms in total. The van der Waals surface area contributed by atoms with E-state index in [1.54, 1.807) is 0 Å². The summed E-state index contributed by atoms with van der Waals surface area (Å²) in [7, 11) is 0. The zero-order valence-electron chi connectivity index (χ0n) is 22.8. The van der Waals surface area contributed by atoms with Crippen LogP contribution in [-0.4, -0.2) is 41.4 Å². The van der Waals surface area contributed by atoms with Gasteiger partial charge >= 0.3 is 6.18 Å². The number of hydrogen-bond donors (Lipinski definition) is 2. The lowest BCUT2D eigenvalue weighted by Gasteiger charge is -2.29. The molecule has 0 radical (unpaired) electrons. The molecule has 3 atom stereocenters. The lowest BCUT2D eigenvalue weighted by Crippen LogP contribution is -2.38. The van der Waals surface area contributed by atoms with Crippen LogP contribution in [0.3, 0.4) is 0 Å². The van der Waals surface area contributed by atoms with Gasteiger partial charge in [-0.1, -0.05) is 17.7 Å². The topological polar surface area (TPSA) is 113 Å². The van der Waals surface area contributed by atoms with Gasteiger partial charge in [-0.25, -0.2) is 4.39 Å². The number of anilines is 1. The van der Waals surface area contributed by atoms with Gasteiger partial charge in [-0.05, 0) is 60.7 Å². The third-order valence-electron chi connectivity index (χ3n) is 7.66. The van der Waals surface area contributed by atoms with E-state index in [1.165, 1.54) is 36.5 Å². The quantitative estimate of drug-likeness (QED) is 0.351. The summed E-state index contributed by atoms with van der Waals surface area (Å²) in [5.74, 6) is -2.20. The summed E-state index contributed by atoms with van der Waals surface area (Å²) in [5.41, 5.74) is 5.03. The first kappa shape index (κ1) is 30.7. The van der Waals surface area contributed by atoms with E-state index in [1.807, 2.05) is 0 Å². The predicted molar refractivity (Wildman–Crippen MR) is 150 cm³/mol. The largest absolute Gasteiger partial charge is 0.414 e. The molecule has 1 aromatic heterocycles. The van der Waals surface area contributed by atoms with Crippen molar-refractivity contribution in [1.29, 1.82) is 0 Å². The number of carbonyl (C=O) groups excluding carboxylic acids is 2. The van der Waals surface area contributed by atoms with Crippen LogP contribution in [0.15, 0.2) is 53.5 Å². The van der Waals surface area contributed by atoms with Crippen LogP contribution >= 0.6 is 11.6 Å². The molecule has 3 N–H and O–H groups in total. The smallest absolute Gasteiger partial charge is 0.378 e. The Morgan fingerprint density at radius 2 is 1.84 bits per heavy atom. The summed E-state index contributed by atoms with van der Waals surface area (Å²) in [6.45, 7) is -0.121. The van der Waals surface area contributed by atoms with E-state index in [0.29, 0.717) is 18.7 Å². The summed E-state index contributed by atoms with van der Waals surface area (Å²) in [4.78, 5) is 38.7. The van der Waals surface area contributed by atoms with Gasteiger partial charge < -0.3 is 25.1 Å². The average Bonchev–Trinajstić information content (AvgIpc) is 2.95. The molecule has 3 aromatic rings. The van der Waals surface area contributed by atoms with Crippen molar-refractivity contribution in [3.8, 4) is 11.1 Å². The fourth-order valence-electron chi connectivity index (χ4n) is 5.43. The number of alkyl halides is 3. The van der Waals surface area contributed by atoms with Crippen molar-refractivity contribution in [3.05, 3.63) is 86.5 Å². The summed E-state index contributed by atoms with van der Waals surface area (Å²) in [5, 5.41) is 2.41. The van der Waals surface area contributed by atoms with E-state index in [2.05, 4.69) is 5.32 Å². The Hall–Kier alpha value is -3.74. The molecule has 2 aliphatic rings. The van der Waals surface area contributed by atoms with E-state index >= 15 is 4.39 Å². The average molecular weight is 622 g/mol. The lowest BCUT2D eigenvalue weighted by atomic mass is 9.91. The number of aromatic nitrogens is 1. The number of pyridine rings is 1. The molecule has 3 heterocycles. The maximum atomic E-state index is 15.4. The molecule has 0 spiro atoms. The van der Waals surface area contributed by atoms with Gasteiger partial charge in [0, 0.05) is 54.1 Å². The number of hydrogen-bond acceptors (Lipinski definition) is 5. The van der Waals surface area contributed by atoms with Crippen molar-refractivity contribution in [1.82, 2.24) is 4.57 Å². The number of rotatable bonds is 6. The highest BCUT2D eigenvalue weighted by Crippen LogP contribution is 2.39. The van der Waals surface area contributed by atoms with Gasteiger partial charge in [-0.2, -0.15) is 13.2 Å². The number of carbonyl (C=O) groups is 2. The minimum absolute atomic E-state index is 0.0216. The zero-order valence-corrected chi connectivity index (χ0v) is 23.5. The Morgan fingerprint density at radius 3 is 2.49 bits per heavy atom. The van der Waals surface area contributed by atoms with Crippen molar-refractivity contribution in [2.75, 3.05) is 11.9 Å². The van der Waals surface area contributed by atoms with Crippen molar-refractivity contribution in [2.45, 2.75) is 63.1 Å². The third-order valence-corrected chi connectivity index (χ3v) is 7.95. The van der Waals surface area contributed by atoms with Crippen LogP contribution in [-0.2, 0) is 27.3 Å². The molecule has 0 saturated carbocycles. The van der Waals surface area contributed by atoms with E-state index in [0.717, 1.165) is 29.5 Å². The number of primary amides is 1. The van der Waals surface area contributed by atoms with Crippen LogP contribution in [0.4, 0.5) is 23.2 Å². The Labute approximate surface area is 248 Å². The number of nitrogens with two attached hydrogens (primary N) is 1. The standard InChI is InChI=1S/C30H28ClF4N3O5/c31-22-9-6-17-11-24(30(33,34)35)43-15-18-14-38(25(39)13-21(18)26(17)27(22)32)23(12-20-3-1-2-10-42-20)29(41)37-19-7-4-16(5-8-19)28(36)40/h4-9,13-14,20,23-24H,1-3,10-12,15H2,(H2,36,40)(H,37,41). The zero-order chi connectivity index (χ0) is 30.9. The second-order valence-corrected chi connectivity index (χ2v) is 11.0. The summed E-state index contributed by atoms with van der Waals surface area (Å²) in [6.07, 6.45) is -4.34. The summed E-state index contributed by atoms with van der Waals surface area (Å²) >= 11 is 6.00. The second kappa shape index (κ2) is 12.5. The normalized spacial score (nSPS) is 19.4. The molecule has 228 valence electrons. The molecular formula is C30H28ClF4N3O5. The van der Waals surface area contributed by atoms with Crippen molar-refractivity contribution < 1.29 is 36.6 Å². The predicted octanol–water partition coefficient (Wildman–Crippen LogP) is 5.55. The third kappa shape index (κ3) is 6.76. The van der Waals surface area contributed by atoms with Crippen molar-refractivity contribution in [2.24, 2.45) is 5.73 Å². The van der Waals surface area contributed by atoms with E-state index in [-0.39, 0.29) is 45.4 Å². The number of halogens is 5. The Balaban J connectivity index is 1.58. The number of fused-ring (bicyclic) bond motifs is 3. The van der Waals surface area contributed by atoms with Crippen LogP contribution in [0.2, 0.25) is 5.02 Å². The minimum Gasteiger partial charge on any atom is -0.378 e. The van der Waals surface area contributed by atoms with Crippen LogP contribution < -0.4 is 16.6 Å². The monoisotopic (exact) mass is 621 g/mol. The summed E-state index contributed by atoms with van der Waals surface area (Å²) < 4.78 is 69.0. The van der Waals surface area contributed by atoms with Crippen LogP contribution in [0.1, 0.15) is 53.2 Å². The Kier molecular flexibility index (Phi) is 8.91. The van der Waals surface area contributed by atoms with E-state index in [4.69, 9.17) is 26.8 Å². The first-order chi connectivity index (χ1) is 20.4. The van der Waals surface area contributed by atoms with Crippen molar-refractivity contribution in [3.63, 3.8) is 0 Å². The van der Waals surface area contributed by atoms with Gasteiger partial charge in [-0.15, -0.1) is 0 Å². The van der Waals surface area contributed by atoms with E-state index in [9.17, 15) is 27.6 Å². The molecule has 2 amide bonds. The molecule has 0 aliphatic carbocycles. The number of amides is 2. The molecule has 5 rings (SSSR count).